The highest BCUT2D eigenvalue weighted by atomic mass is 16.7. The first kappa shape index (κ1) is 19.8. The van der Waals surface area contributed by atoms with Crippen LogP contribution in [0, 0.1) is 11.8 Å². The number of ether oxygens (including phenoxy) is 3. The lowest BCUT2D eigenvalue weighted by Gasteiger charge is -2.34. The van der Waals surface area contributed by atoms with Crippen molar-refractivity contribution in [1.82, 2.24) is 0 Å². The topological polar surface area (TPSA) is 102 Å². The first-order valence-corrected chi connectivity index (χ1v) is 9.21. The summed E-state index contributed by atoms with van der Waals surface area (Å²) >= 11 is 0. The number of aliphatic hydroxyl groups is 1. The highest BCUT2D eigenvalue weighted by Crippen LogP contribution is 2.40. The number of epoxide rings is 1. The molecule has 148 valence electrons. The molecule has 0 aromatic heterocycles. The Balaban J connectivity index is 1.92. The summed E-state index contributed by atoms with van der Waals surface area (Å²) in [6.45, 7) is 10.7. The molecule has 0 saturated carbocycles. The van der Waals surface area contributed by atoms with Crippen molar-refractivity contribution in [2.24, 2.45) is 11.8 Å². The molecule has 3 rings (SSSR count). The molecule has 7 nitrogen and oxygen atoms in total. The second-order valence-electron chi connectivity index (χ2n) is 8.06. The van der Waals surface area contributed by atoms with Crippen molar-refractivity contribution in [3.8, 4) is 0 Å². The molecule has 2 fully saturated rings. The summed E-state index contributed by atoms with van der Waals surface area (Å²) in [6.07, 6.45) is -1.19. The van der Waals surface area contributed by atoms with Crippen molar-refractivity contribution >= 4 is 17.7 Å². The summed E-state index contributed by atoms with van der Waals surface area (Å²) in [4.78, 5) is 36.9. The van der Waals surface area contributed by atoms with Gasteiger partial charge in [-0.1, -0.05) is 19.1 Å². The van der Waals surface area contributed by atoms with E-state index in [4.69, 9.17) is 14.2 Å². The molecule has 27 heavy (non-hydrogen) atoms. The van der Waals surface area contributed by atoms with Gasteiger partial charge < -0.3 is 19.3 Å². The van der Waals surface area contributed by atoms with E-state index in [0.717, 1.165) is 5.57 Å². The third kappa shape index (κ3) is 3.58. The van der Waals surface area contributed by atoms with Crippen molar-refractivity contribution in [2.45, 2.75) is 70.6 Å². The molecule has 2 saturated heterocycles. The fourth-order valence-corrected chi connectivity index (χ4v) is 3.90. The third-order valence-corrected chi connectivity index (χ3v) is 5.83. The second-order valence-corrected chi connectivity index (χ2v) is 8.06. The Morgan fingerprint density at radius 3 is 2.56 bits per heavy atom. The molecule has 7 heteroatoms. The Bertz CT molecular complexity index is 724. The molecule has 7 atom stereocenters. The number of allylic oxidation sites excluding steroid dienone is 1. The van der Waals surface area contributed by atoms with Gasteiger partial charge in [0.1, 0.15) is 18.3 Å². The van der Waals surface area contributed by atoms with Crippen LogP contribution < -0.4 is 0 Å². The maximum absolute atomic E-state index is 12.5. The van der Waals surface area contributed by atoms with Gasteiger partial charge in [-0.15, -0.1) is 0 Å². The molecule has 2 heterocycles. The monoisotopic (exact) mass is 378 g/mol. The Kier molecular flexibility index (Phi) is 5.03. The van der Waals surface area contributed by atoms with Crippen LogP contribution in [0.3, 0.4) is 0 Å². The number of carbonyl (C=O) groups excluding carboxylic acids is 3. The number of esters is 2. The maximum Gasteiger partial charge on any atom is 0.341 e. The lowest BCUT2D eigenvalue weighted by Crippen LogP contribution is -2.47. The van der Waals surface area contributed by atoms with E-state index in [1.807, 2.05) is 0 Å². The van der Waals surface area contributed by atoms with Crippen LogP contribution in [-0.4, -0.2) is 52.8 Å². The Morgan fingerprint density at radius 2 is 1.96 bits per heavy atom. The summed E-state index contributed by atoms with van der Waals surface area (Å²) in [5, 5.41) is 11.1. The largest absolute Gasteiger partial charge is 0.458 e. The molecule has 2 aliphatic heterocycles. The molecule has 0 aromatic rings. The SMILES string of the molecule is C=C1C(=O)O[C@@H]2C/C(C)=C\C(=O)C[C@H](C)[C@@H](OC(=O)[C@@]3(C)O[C@H]3C)[C@H](O)[C@@H]12. The number of hydrogen-bond acceptors (Lipinski definition) is 7. The van der Waals surface area contributed by atoms with E-state index in [9.17, 15) is 19.5 Å². The van der Waals surface area contributed by atoms with E-state index in [0.29, 0.717) is 6.42 Å². The summed E-state index contributed by atoms with van der Waals surface area (Å²) in [7, 11) is 0. The number of aliphatic hydroxyl groups excluding tert-OH is 1. The number of ketones is 1. The summed E-state index contributed by atoms with van der Waals surface area (Å²) in [5.74, 6) is -2.46. The zero-order chi connectivity index (χ0) is 20.1. The van der Waals surface area contributed by atoms with E-state index in [2.05, 4.69) is 6.58 Å². The standard InChI is InChI=1S/C20H26O7/c1-9-6-13(21)8-10(2)17(26-19(24)20(5)12(4)27-20)16(22)15-11(3)18(23)25-14(15)7-9/h6,10,12,14-17,22H,3,7-8H2,1-2,4-5H3/b9-6-/t10-,12-,14+,15-,16+,17+,20-/m0/s1. The van der Waals surface area contributed by atoms with E-state index < -0.39 is 47.7 Å². The quantitative estimate of drug-likeness (QED) is 0.441. The van der Waals surface area contributed by atoms with Crippen LogP contribution in [0.25, 0.3) is 0 Å². The van der Waals surface area contributed by atoms with Crippen LogP contribution in [0.4, 0.5) is 0 Å². The Morgan fingerprint density at radius 1 is 1.33 bits per heavy atom. The van der Waals surface area contributed by atoms with Crippen LogP contribution in [0.15, 0.2) is 23.8 Å². The van der Waals surface area contributed by atoms with Crippen molar-refractivity contribution in [3.63, 3.8) is 0 Å². The maximum atomic E-state index is 12.5. The molecule has 0 spiro atoms. The van der Waals surface area contributed by atoms with Crippen LogP contribution >= 0.6 is 0 Å². The highest BCUT2D eigenvalue weighted by Gasteiger charge is 2.58. The minimum absolute atomic E-state index is 0.109. The molecule has 1 aliphatic carbocycles. The molecular weight excluding hydrogens is 352 g/mol. The van der Waals surface area contributed by atoms with Gasteiger partial charge in [-0.2, -0.15) is 0 Å². The van der Waals surface area contributed by atoms with Gasteiger partial charge in [0.25, 0.3) is 0 Å². The van der Waals surface area contributed by atoms with E-state index in [1.165, 1.54) is 6.08 Å². The van der Waals surface area contributed by atoms with Gasteiger partial charge in [-0.05, 0) is 26.8 Å². The molecule has 0 radical (unpaired) electrons. The number of carbonyl (C=O) groups is 3. The minimum Gasteiger partial charge on any atom is -0.458 e. The van der Waals surface area contributed by atoms with Crippen molar-refractivity contribution in [1.29, 1.82) is 0 Å². The fraction of sp³-hybridized carbons (Fsp3) is 0.650. The van der Waals surface area contributed by atoms with Crippen LogP contribution in [0.5, 0.6) is 0 Å². The van der Waals surface area contributed by atoms with Crippen LogP contribution in [0.2, 0.25) is 0 Å². The van der Waals surface area contributed by atoms with Crippen LogP contribution in [-0.2, 0) is 28.6 Å². The van der Waals surface area contributed by atoms with Gasteiger partial charge in [0.2, 0.25) is 0 Å². The summed E-state index contributed by atoms with van der Waals surface area (Å²) in [6, 6.07) is 0. The van der Waals surface area contributed by atoms with Crippen molar-refractivity contribution in [2.75, 3.05) is 0 Å². The normalized spacial score (nSPS) is 44.0. The van der Waals surface area contributed by atoms with E-state index >= 15 is 0 Å². The first-order chi connectivity index (χ1) is 12.5. The third-order valence-electron chi connectivity index (χ3n) is 5.83. The smallest absolute Gasteiger partial charge is 0.341 e. The van der Waals surface area contributed by atoms with Crippen molar-refractivity contribution < 1.29 is 33.7 Å². The van der Waals surface area contributed by atoms with Gasteiger partial charge >= 0.3 is 11.9 Å². The molecule has 0 unspecified atom stereocenters. The lowest BCUT2D eigenvalue weighted by atomic mass is 9.80. The average molecular weight is 378 g/mol. The molecule has 3 aliphatic rings. The van der Waals surface area contributed by atoms with E-state index in [1.54, 1.807) is 27.7 Å². The highest BCUT2D eigenvalue weighted by molar-refractivity contribution is 5.92. The molecule has 1 N–H and O–H groups in total. The predicted octanol–water partition coefficient (Wildman–Crippen LogP) is 1.48. The molecular formula is C20H26O7. The zero-order valence-electron chi connectivity index (χ0n) is 16.1. The van der Waals surface area contributed by atoms with Gasteiger partial charge in [0.15, 0.2) is 11.4 Å². The first-order valence-electron chi connectivity index (χ1n) is 9.21. The Labute approximate surface area is 158 Å². The van der Waals surface area contributed by atoms with Crippen LogP contribution in [0.1, 0.15) is 40.5 Å². The van der Waals surface area contributed by atoms with Gasteiger partial charge in [0, 0.05) is 24.3 Å². The number of rotatable bonds is 2. The van der Waals surface area contributed by atoms with Crippen molar-refractivity contribution in [3.05, 3.63) is 23.8 Å². The molecule has 0 aromatic carbocycles. The zero-order valence-corrected chi connectivity index (χ0v) is 16.1. The lowest BCUT2D eigenvalue weighted by molar-refractivity contribution is -0.169. The summed E-state index contributed by atoms with van der Waals surface area (Å²) in [5.41, 5.74) is -0.129. The fourth-order valence-electron chi connectivity index (χ4n) is 3.90. The Hall–Kier alpha value is -1.99. The van der Waals surface area contributed by atoms with E-state index in [-0.39, 0.29) is 23.9 Å². The predicted molar refractivity (Wildman–Crippen MR) is 94.5 cm³/mol. The van der Waals surface area contributed by atoms with Gasteiger partial charge in [0.05, 0.1) is 12.0 Å². The number of fused-ring (bicyclic) bond motifs is 1. The summed E-state index contributed by atoms with van der Waals surface area (Å²) < 4.78 is 16.3. The van der Waals surface area contributed by atoms with Gasteiger partial charge in [-0.3, -0.25) is 4.79 Å². The second kappa shape index (κ2) is 6.87. The number of hydrogen-bond donors (Lipinski definition) is 1. The average Bonchev–Trinajstić information content (AvgIpc) is 3.08. The van der Waals surface area contributed by atoms with Gasteiger partial charge in [-0.25, -0.2) is 9.59 Å². The molecule has 0 bridgehead atoms. The minimum atomic E-state index is -1.22. The molecule has 0 amide bonds.